The van der Waals surface area contributed by atoms with Crippen molar-refractivity contribution in [3.05, 3.63) is 29.3 Å². The lowest BCUT2D eigenvalue weighted by molar-refractivity contribution is 0.206. The van der Waals surface area contributed by atoms with Gasteiger partial charge in [0, 0.05) is 6.04 Å². The average molecular weight is 275 g/mol. The molecule has 0 radical (unpaired) electrons. The van der Waals surface area contributed by atoms with Gasteiger partial charge in [0.15, 0.2) is 0 Å². The van der Waals surface area contributed by atoms with E-state index in [0.29, 0.717) is 0 Å². The van der Waals surface area contributed by atoms with Crippen molar-refractivity contribution in [1.29, 1.82) is 0 Å². The molecule has 0 aliphatic heterocycles. The van der Waals surface area contributed by atoms with Crippen LogP contribution in [-0.2, 0) is 6.42 Å². The summed E-state index contributed by atoms with van der Waals surface area (Å²) in [5.41, 5.74) is 8.62. The largest absolute Gasteiger partial charge is 0.493 e. The zero-order chi connectivity index (χ0) is 14.4. The van der Waals surface area contributed by atoms with Gasteiger partial charge in [-0.15, -0.1) is 0 Å². The number of aryl methyl sites for hydroxylation is 1. The molecule has 1 saturated carbocycles. The lowest BCUT2D eigenvalue weighted by Gasteiger charge is -2.23. The van der Waals surface area contributed by atoms with Gasteiger partial charge in [-0.2, -0.15) is 0 Å². The highest BCUT2D eigenvalue weighted by molar-refractivity contribution is 5.41. The highest BCUT2D eigenvalue weighted by Crippen LogP contribution is 2.28. The molecule has 1 fully saturated rings. The maximum Gasteiger partial charge on any atom is 0.125 e. The molecule has 1 aromatic rings. The zero-order valence-electron chi connectivity index (χ0n) is 13.0. The van der Waals surface area contributed by atoms with Gasteiger partial charge in [0.2, 0.25) is 0 Å². The standard InChI is InChI=1S/C18H29NO/c1-3-17(19)12-16-11-7-8-14(2)18(16)20-13-15-9-5-4-6-10-15/h7-8,11,15,17H,3-6,9-10,12-13,19H2,1-2H3. The van der Waals surface area contributed by atoms with E-state index in [9.17, 15) is 0 Å². The van der Waals surface area contributed by atoms with Crippen molar-refractivity contribution in [3.63, 3.8) is 0 Å². The lowest BCUT2D eigenvalue weighted by atomic mass is 9.90. The molecular weight excluding hydrogens is 246 g/mol. The second kappa shape index (κ2) is 7.68. The zero-order valence-corrected chi connectivity index (χ0v) is 13.0. The molecule has 112 valence electrons. The van der Waals surface area contributed by atoms with Gasteiger partial charge in [-0.3, -0.25) is 0 Å². The summed E-state index contributed by atoms with van der Waals surface area (Å²) >= 11 is 0. The van der Waals surface area contributed by atoms with Crippen LogP contribution in [0, 0.1) is 12.8 Å². The van der Waals surface area contributed by atoms with Gasteiger partial charge in [0.05, 0.1) is 6.61 Å². The molecule has 0 heterocycles. The third-order valence-corrected chi connectivity index (χ3v) is 4.49. The highest BCUT2D eigenvalue weighted by Gasteiger charge is 2.16. The second-order valence-corrected chi connectivity index (χ2v) is 6.25. The van der Waals surface area contributed by atoms with E-state index in [0.717, 1.165) is 31.1 Å². The lowest BCUT2D eigenvalue weighted by Crippen LogP contribution is -2.22. The molecule has 0 bridgehead atoms. The molecule has 0 amide bonds. The molecule has 1 aromatic carbocycles. The van der Waals surface area contributed by atoms with E-state index in [-0.39, 0.29) is 6.04 Å². The SMILES string of the molecule is CCC(N)Cc1cccc(C)c1OCC1CCCCC1. The molecule has 1 atom stereocenters. The van der Waals surface area contributed by atoms with Gasteiger partial charge in [-0.25, -0.2) is 0 Å². The summed E-state index contributed by atoms with van der Waals surface area (Å²) in [7, 11) is 0. The van der Waals surface area contributed by atoms with Gasteiger partial charge in [0.25, 0.3) is 0 Å². The van der Waals surface area contributed by atoms with Crippen molar-refractivity contribution in [2.24, 2.45) is 11.7 Å². The van der Waals surface area contributed by atoms with E-state index in [1.165, 1.54) is 43.2 Å². The van der Waals surface area contributed by atoms with Crippen molar-refractivity contribution in [1.82, 2.24) is 0 Å². The van der Waals surface area contributed by atoms with Crippen LogP contribution in [0.25, 0.3) is 0 Å². The van der Waals surface area contributed by atoms with E-state index >= 15 is 0 Å². The Hall–Kier alpha value is -1.02. The fourth-order valence-corrected chi connectivity index (χ4v) is 3.06. The molecule has 0 aromatic heterocycles. The number of hydrogen-bond donors (Lipinski definition) is 1. The Morgan fingerprint density at radius 1 is 1.25 bits per heavy atom. The summed E-state index contributed by atoms with van der Waals surface area (Å²) in [6, 6.07) is 6.64. The summed E-state index contributed by atoms with van der Waals surface area (Å²) in [6.45, 7) is 5.15. The van der Waals surface area contributed by atoms with Crippen LogP contribution in [0.1, 0.15) is 56.6 Å². The van der Waals surface area contributed by atoms with E-state index in [1.807, 2.05) is 0 Å². The van der Waals surface area contributed by atoms with Gasteiger partial charge in [0.1, 0.15) is 5.75 Å². The fraction of sp³-hybridized carbons (Fsp3) is 0.667. The topological polar surface area (TPSA) is 35.2 Å². The maximum absolute atomic E-state index is 6.20. The van der Waals surface area contributed by atoms with Crippen molar-refractivity contribution >= 4 is 0 Å². The molecule has 2 N–H and O–H groups in total. The predicted octanol–water partition coefficient (Wildman–Crippen LogP) is 4.23. The van der Waals surface area contributed by atoms with Crippen molar-refractivity contribution in [2.45, 2.75) is 64.8 Å². The minimum absolute atomic E-state index is 0.230. The monoisotopic (exact) mass is 275 g/mol. The Morgan fingerprint density at radius 3 is 2.70 bits per heavy atom. The smallest absolute Gasteiger partial charge is 0.125 e. The molecule has 1 aliphatic carbocycles. The Bertz CT molecular complexity index is 410. The first-order chi connectivity index (χ1) is 9.70. The Balaban J connectivity index is 2.01. The number of benzene rings is 1. The van der Waals surface area contributed by atoms with Gasteiger partial charge in [-0.1, -0.05) is 44.4 Å². The van der Waals surface area contributed by atoms with Crippen LogP contribution in [-0.4, -0.2) is 12.6 Å². The molecule has 0 spiro atoms. The molecule has 1 unspecified atom stereocenters. The molecule has 2 rings (SSSR count). The van der Waals surface area contributed by atoms with Crippen molar-refractivity contribution in [3.8, 4) is 5.75 Å². The average Bonchev–Trinajstić information content (AvgIpc) is 2.47. The number of rotatable bonds is 6. The molecule has 0 saturated heterocycles. The Kier molecular flexibility index (Phi) is 5.90. The summed E-state index contributed by atoms with van der Waals surface area (Å²) in [4.78, 5) is 0. The number of ether oxygens (including phenoxy) is 1. The minimum atomic E-state index is 0.230. The third-order valence-electron chi connectivity index (χ3n) is 4.49. The van der Waals surface area contributed by atoms with Gasteiger partial charge in [-0.05, 0) is 49.7 Å². The van der Waals surface area contributed by atoms with E-state index in [2.05, 4.69) is 32.0 Å². The summed E-state index contributed by atoms with van der Waals surface area (Å²) < 4.78 is 6.20. The van der Waals surface area contributed by atoms with Gasteiger partial charge < -0.3 is 10.5 Å². The van der Waals surface area contributed by atoms with Crippen LogP contribution >= 0.6 is 0 Å². The second-order valence-electron chi connectivity index (χ2n) is 6.25. The Labute approximate surface area is 123 Å². The van der Waals surface area contributed by atoms with Crippen molar-refractivity contribution < 1.29 is 4.74 Å². The van der Waals surface area contributed by atoms with Crippen LogP contribution in [0.3, 0.4) is 0 Å². The third kappa shape index (κ3) is 4.24. The number of para-hydroxylation sites is 1. The molecule has 2 nitrogen and oxygen atoms in total. The minimum Gasteiger partial charge on any atom is -0.493 e. The fourth-order valence-electron chi connectivity index (χ4n) is 3.06. The van der Waals surface area contributed by atoms with E-state index < -0.39 is 0 Å². The number of nitrogens with two attached hydrogens (primary N) is 1. The maximum atomic E-state index is 6.20. The summed E-state index contributed by atoms with van der Waals surface area (Å²) in [5.74, 6) is 1.83. The molecule has 2 heteroatoms. The first-order valence-corrected chi connectivity index (χ1v) is 8.17. The van der Waals surface area contributed by atoms with Gasteiger partial charge >= 0.3 is 0 Å². The highest BCUT2D eigenvalue weighted by atomic mass is 16.5. The predicted molar refractivity (Wildman–Crippen MR) is 85.2 cm³/mol. The molecule has 1 aliphatic rings. The molecular formula is C18H29NO. The van der Waals surface area contributed by atoms with E-state index in [1.54, 1.807) is 0 Å². The summed E-state index contributed by atoms with van der Waals surface area (Å²) in [6.07, 6.45) is 8.72. The van der Waals surface area contributed by atoms with Crippen LogP contribution < -0.4 is 10.5 Å². The van der Waals surface area contributed by atoms with Crippen molar-refractivity contribution in [2.75, 3.05) is 6.61 Å². The van der Waals surface area contributed by atoms with Crippen LogP contribution in [0.15, 0.2) is 18.2 Å². The number of hydrogen-bond acceptors (Lipinski definition) is 2. The first-order valence-electron chi connectivity index (χ1n) is 8.17. The normalized spacial score (nSPS) is 17.9. The first kappa shape index (κ1) is 15.4. The van der Waals surface area contributed by atoms with Crippen LogP contribution in [0.2, 0.25) is 0 Å². The van der Waals surface area contributed by atoms with E-state index in [4.69, 9.17) is 10.5 Å². The summed E-state index contributed by atoms with van der Waals surface area (Å²) in [5, 5.41) is 0. The molecule has 20 heavy (non-hydrogen) atoms. The quantitative estimate of drug-likeness (QED) is 0.843. The van der Waals surface area contributed by atoms with Crippen LogP contribution in [0.4, 0.5) is 0 Å². The van der Waals surface area contributed by atoms with Crippen LogP contribution in [0.5, 0.6) is 5.75 Å². The Morgan fingerprint density at radius 2 is 2.00 bits per heavy atom.